The Morgan fingerprint density at radius 2 is 1.76 bits per heavy atom. The molecule has 0 amide bonds. The lowest BCUT2D eigenvalue weighted by Gasteiger charge is -2.24. The second kappa shape index (κ2) is 6.63. The third-order valence-corrected chi connectivity index (χ3v) is 4.34. The fourth-order valence-electron chi connectivity index (χ4n) is 2.86. The van der Waals surface area contributed by atoms with Gasteiger partial charge in [0.2, 0.25) is 0 Å². The van der Waals surface area contributed by atoms with Crippen molar-refractivity contribution < 1.29 is 4.74 Å². The molecule has 0 aromatic heterocycles. The first kappa shape index (κ1) is 16.1. The fourth-order valence-corrected chi connectivity index (χ4v) is 3.24. The van der Waals surface area contributed by atoms with Crippen molar-refractivity contribution in [1.82, 2.24) is 5.32 Å². The zero-order valence-corrected chi connectivity index (χ0v) is 14.8. The van der Waals surface area contributed by atoms with E-state index in [-0.39, 0.29) is 6.04 Å². The fraction of sp³-hybridized carbons (Fsp3) is 0.333. The Morgan fingerprint density at radius 1 is 1.05 bits per heavy atom. The van der Waals surface area contributed by atoms with Gasteiger partial charge in [0.05, 0.1) is 13.2 Å². The average molecular weight is 348 g/mol. The third kappa shape index (κ3) is 3.30. The van der Waals surface area contributed by atoms with Crippen molar-refractivity contribution in [1.29, 1.82) is 0 Å². The van der Waals surface area contributed by atoms with Crippen LogP contribution in [0.4, 0.5) is 0 Å². The van der Waals surface area contributed by atoms with E-state index in [4.69, 9.17) is 4.74 Å². The summed E-state index contributed by atoms with van der Waals surface area (Å²) in [5, 5.41) is 3.44. The molecule has 0 aliphatic heterocycles. The molecule has 0 saturated carbocycles. The van der Waals surface area contributed by atoms with Crippen LogP contribution in [-0.2, 0) is 0 Å². The number of nitrogens with one attached hydrogen (secondary N) is 1. The zero-order valence-electron chi connectivity index (χ0n) is 13.3. The van der Waals surface area contributed by atoms with E-state index in [0.29, 0.717) is 0 Å². The minimum absolute atomic E-state index is 0.109. The summed E-state index contributed by atoms with van der Waals surface area (Å²) >= 11 is 3.57. The molecule has 1 unspecified atom stereocenters. The van der Waals surface area contributed by atoms with Crippen LogP contribution in [0.1, 0.15) is 33.9 Å². The molecule has 1 N–H and O–H groups in total. The van der Waals surface area contributed by atoms with Crippen molar-refractivity contribution in [3.63, 3.8) is 0 Å². The van der Waals surface area contributed by atoms with Crippen molar-refractivity contribution in [3.05, 3.63) is 62.6 Å². The molecule has 0 bridgehead atoms. The number of benzene rings is 2. The monoisotopic (exact) mass is 347 g/mol. The Kier molecular flexibility index (Phi) is 5.07. The molecule has 2 rings (SSSR count). The lowest BCUT2D eigenvalue weighted by atomic mass is 9.90. The van der Waals surface area contributed by atoms with Gasteiger partial charge in [0.1, 0.15) is 5.75 Å². The maximum atomic E-state index is 5.63. The van der Waals surface area contributed by atoms with Gasteiger partial charge in [0.25, 0.3) is 0 Å². The van der Waals surface area contributed by atoms with Gasteiger partial charge >= 0.3 is 0 Å². The average Bonchev–Trinajstić information content (AvgIpc) is 2.44. The van der Waals surface area contributed by atoms with Crippen LogP contribution in [0.25, 0.3) is 0 Å². The van der Waals surface area contributed by atoms with Gasteiger partial charge < -0.3 is 10.1 Å². The molecule has 2 aromatic rings. The van der Waals surface area contributed by atoms with Gasteiger partial charge in [-0.2, -0.15) is 0 Å². The third-order valence-electron chi connectivity index (χ3n) is 3.84. The van der Waals surface area contributed by atoms with Gasteiger partial charge in [0.15, 0.2) is 0 Å². The van der Waals surface area contributed by atoms with Crippen LogP contribution >= 0.6 is 15.9 Å². The van der Waals surface area contributed by atoms with Gasteiger partial charge in [-0.15, -0.1) is 0 Å². The van der Waals surface area contributed by atoms with E-state index in [2.05, 4.69) is 72.3 Å². The SMILES string of the molecule is CNC(c1cc(Br)ccc1C)c1c(C)cc(C)cc1OC. The number of ether oxygens (including phenoxy) is 1. The zero-order chi connectivity index (χ0) is 15.6. The smallest absolute Gasteiger partial charge is 0.124 e. The number of hydrogen-bond donors (Lipinski definition) is 1. The van der Waals surface area contributed by atoms with Crippen molar-refractivity contribution in [2.45, 2.75) is 26.8 Å². The van der Waals surface area contributed by atoms with Crippen LogP contribution in [0.15, 0.2) is 34.8 Å². The van der Waals surface area contributed by atoms with Crippen molar-refractivity contribution in [2.24, 2.45) is 0 Å². The van der Waals surface area contributed by atoms with Crippen molar-refractivity contribution in [3.8, 4) is 5.75 Å². The number of halogens is 1. The quantitative estimate of drug-likeness (QED) is 0.865. The van der Waals surface area contributed by atoms with Crippen LogP contribution in [0.5, 0.6) is 5.75 Å². The van der Waals surface area contributed by atoms with Gasteiger partial charge in [-0.1, -0.05) is 28.1 Å². The molecule has 0 radical (unpaired) electrons. The predicted octanol–water partition coefficient (Wildman–Crippen LogP) is 4.69. The Morgan fingerprint density at radius 3 is 2.38 bits per heavy atom. The van der Waals surface area contributed by atoms with E-state index >= 15 is 0 Å². The molecule has 0 fully saturated rings. The molecular formula is C18H22BrNO. The number of hydrogen-bond acceptors (Lipinski definition) is 2. The summed E-state index contributed by atoms with van der Waals surface area (Å²) in [6.07, 6.45) is 0. The molecule has 2 aromatic carbocycles. The molecular weight excluding hydrogens is 326 g/mol. The van der Waals surface area contributed by atoms with E-state index in [1.54, 1.807) is 7.11 Å². The number of rotatable bonds is 4. The van der Waals surface area contributed by atoms with Crippen molar-refractivity contribution >= 4 is 15.9 Å². The van der Waals surface area contributed by atoms with Gasteiger partial charge in [-0.3, -0.25) is 0 Å². The summed E-state index contributed by atoms with van der Waals surface area (Å²) in [6.45, 7) is 6.38. The summed E-state index contributed by atoms with van der Waals surface area (Å²) < 4.78 is 6.72. The second-order valence-corrected chi connectivity index (χ2v) is 6.34. The highest BCUT2D eigenvalue weighted by atomic mass is 79.9. The summed E-state index contributed by atoms with van der Waals surface area (Å²) in [4.78, 5) is 0. The molecule has 2 nitrogen and oxygen atoms in total. The molecule has 0 aliphatic carbocycles. The minimum atomic E-state index is 0.109. The predicted molar refractivity (Wildman–Crippen MR) is 92.2 cm³/mol. The molecule has 0 heterocycles. The molecule has 21 heavy (non-hydrogen) atoms. The van der Waals surface area contributed by atoms with Gasteiger partial charge in [-0.25, -0.2) is 0 Å². The van der Waals surface area contributed by atoms with E-state index in [1.165, 1.54) is 27.8 Å². The number of methoxy groups -OCH3 is 1. The molecule has 0 spiro atoms. The topological polar surface area (TPSA) is 21.3 Å². The summed E-state index contributed by atoms with van der Waals surface area (Å²) in [5.41, 5.74) is 6.18. The van der Waals surface area contributed by atoms with Gasteiger partial charge in [-0.05, 0) is 68.3 Å². The lowest BCUT2D eigenvalue weighted by molar-refractivity contribution is 0.404. The highest BCUT2D eigenvalue weighted by molar-refractivity contribution is 9.10. The minimum Gasteiger partial charge on any atom is -0.496 e. The summed E-state index contributed by atoms with van der Waals surface area (Å²) in [7, 11) is 3.72. The van der Waals surface area contributed by atoms with Crippen LogP contribution in [0.3, 0.4) is 0 Å². The highest BCUT2D eigenvalue weighted by Gasteiger charge is 2.21. The first-order chi connectivity index (χ1) is 9.97. The second-order valence-electron chi connectivity index (χ2n) is 5.42. The summed E-state index contributed by atoms with van der Waals surface area (Å²) in [6, 6.07) is 10.8. The molecule has 1 atom stereocenters. The standard InChI is InChI=1S/C18H22BrNO/c1-11-8-13(3)17(16(9-11)21-5)18(20-4)15-10-14(19)7-6-12(15)2/h6-10,18,20H,1-5H3. The maximum Gasteiger partial charge on any atom is 0.124 e. The maximum absolute atomic E-state index is 5.63. The van der Waals surface area contributed by atoms with Crippen LogP contribution in [0, 0.1) is 20.8 Å². The Bertz CT molecular complexity index is 652. The molecule has 0 saturated heterocycles. The van der Waals surface area contributed by atoms with E-state index in [1.807, 2.05) is 7.05 Å². The van der Waals surface area contributed by atoms with Crippen LogP contribution in [-0.4, -0.2) is 14.2 Å². The molecule has 3 heteroatoms. The lowest BCUT2D eigenvalue weighted by Crippen LogP contribution is -2.20. The first-order valence-corrected chi connectivity index (χ1v) is 7.85. The van der Waals surface area contributed by atoms with E-state index in [0.717, 1.165) is 10.2 Å². The number of aryl methyl sites for hydroxylation is 3. The van der Waals surface area contributed by atoms with Crippen LogP contribution in [0.2, 0.25) is 0 Å². The van der Waals surface area contributed by atoms with E-state index in [9.17, 15) is 0 Å². The first-order valence-electron chi connectivity index (χ1n) is 7.06. The van der Waals surface area contributed by atoms with E-state index < -0.39 is 0 Å². The Balaban J connectivity index is 2.64. The Labute approximate surface area is 135 Å². The largest absolute Gasteiger partial charge is 0.496 e. The normalized spacial score (nSPS) is 12.3. The molecule has 112 valence electrons. The van der Waals surface area contributed by atoms with Crippen molar-refractivity contribution in [2.75, 3.05) is 14.2 Å². The Hall–Kier alpha value is -1.32. The highest BCUT2D eigenvalue weighted by Crippen LogP contribution is 2.35. The van der Waals surface area contributed by atoms with Gasteiger partial charge in [0, 0.05) is 10.0 Å². The molecule has 0 aliphatic rings. The summed E-state index contributed by atoms with van der Waals surface area (Å²) in [5.74, 6) is 0.936. The van der Waals surface area contributed by atoms with Crippen LogP contribution < -0.4 is 10.1 Å².